The topological polar surface area (TPSA) is 77.9 Å². The molecule has 1 saturated carbocycles. The lowest BCUT2D eigenvalue weighted by Crippen LogP contribution is -2.47. The summed E-state index contributed by atoms with van der Waals surface area (Å²) in [4.78, 5) is 38.6. The van der Waals surface area contributed by atoms with Crippen molar-refractivity contribution < 1.29 is 19.5 Å². The van der Waals surface area contributed by atoms with Gasteiger partial charge in [0.15, 0.2) is 0 Å². The van der Waals surface area contributed by atoms with Crippen LogP contribution in [0.2, 0.25) is 0 Å². The van der Waals surface area contributed by atoms with Gasteiger partial charge in [-0.15, -0.1) is 6.58 Å². The number of likely N-dealkylation sites (tertiary alicyclic amines) is 1. The van der Waals surface area contributed by atoms with Crippen LogP contribution >= 0.6 is 0 Å². The van der Waals surface area contributed by atoms with Crippen LogP contribution in [-0.4, -0.2) is 57.9 Å². The molecule has 0 radical (unpaired) electrons. The summed E-state index contributed by atoms with van der Waals surface area (Å²) in [7, 11) is 0. The lowest BCUT2D eigenvalue weighted by atomic mass is 9.94. The molecule has 1 aliphatic carbocycles. The van der Waals surface area contributed by atoms with E-state index in [0.717, 1.165) is 32.1 Å². The van der Waals surface area contributed by atoms with Crippen molar-refractivity contribution in [3.63, 3.8) is 0 Å². The average molecular weight is 294 g/mol. The van der Waals surface area contributed by atoms with Crippen molar-refractivity contribution in [3.05, 3.63) is 12.7 Å². The maximum absolute atomic E-state index is 12.5. The molecule has 116 valence electrons. The van der Waals surface area contributed by atoms with E-state index < -0.39 is 12.0 Å². The third kappa shape index (κ3) is 3.50. The van der Waals surface area contributed by atoms with Crippen LogP contribution in [0.5, 0.6) is 0 Å². The molecule has 6 nitrogen and oxygen atoms in total. The molecule has 2 aliphatic rings. The minimum atomic E-state index is -1.01. The lowest BCUT2D eigenvalue weighted by Gasteiger charge is -2.31. The fourth-order valence-corrected chi connectivity index (χ4v) is 3.28. The Morgan fingerprint density at radius 2 is 2.00 bits per heavy atom. The van der Waals surface area contributed by atoms with Crippen molar-refractivity contribution in [1.82, 2.24) is 9.80 Å². The third-order valence-corrected chi connectivity index (χ3v) is 4.24. The van der Waals surface area contributed by atoms with Crippen molar-refractivity contribution in [2.75, 3.05) is 13.1 Å². The number of hydrogen-bond acceptors (Lipinski definition) is 4. The Morgan fingerprint density at radius 3 is 2.57 bits per heavy atom. The molecule has 1 N–H and O–H groups in total. The molecule has 1 aliphatic heterocycles. The van der Waals surface area contributed by atoms with Gasteiger partial charge in [-0.3, -0.25) is 24.2 Å². The summed E-state index contributed by atoms with van der Waals surface area (Å²) in [5.74, 6) is -1.42. The number of aliphatic carboxylic acids is 1. The summed E-state index contributed by atoms with van der Waals surface area (Å²) in [6.07, 6.45) is 6.60. The van der Waals surface area contributed by atoms with E-state index in [1.165, 1.54) is 9.80 Å². The first kappa shape index (κ1) is 15.7. The number of rotatable bonds is 6. The van der Waals surface area contributed by atoms with Crippen LogP contribution in [0, 0.1) is 0 Å². The zero-order valence-corrected chi connectivity index (χ0v) is 12.2. The van der Waals surface area contributed by atoms with E-state index in [2.05, 4.69) is 6.58 Å². The van der Waals surface area contributed by atoms with Gasteiger partial charge in [0.2, 0.25) is 11.8 Å². The predicted octanol–water partition coefficient (Wildman–Crippen LogP) is 1.02. The van der Waals surface area contributed by atoms with Gasteiger partial charge in [-0.05, 0) is 12.8 Å². The molecule has 2 amide bonds. The smallest absolute Gasteiger partial charge is 0.317 e. The number of hydrogen-bond donors (Lipinski definition) is 1. The summed E-state index contributed by atoms with van der Waals surface area (Å²) in [6, 6.07) is -0.660. The van der Waals surface area contributed by atoms with Crippen LogP contribution in [-0.2, 0) is 14.4 Å². The zero-order chi connectivity index (χ0) is 15.4. The molecular formula is C15H22N2O4. The number of imide groups is 1. The summed E-state index contributed by atoms with van der Waals surface area (Å²) >= 11 is 0. The van der Waals surface area contributed by atoms with Gasteiger partial charge in [0.25, 0.3) is 0 Å². The van der Waals surface area contributed by atoms with E-state index in [9.17, 15) is 14.4 Å². The van der Waals surface area contributed by atoms with Crippen molar-refractivity contribution in [3.8, 4) is 0 Å². The molecule has 1 unspecified atom stereocenters. The third-order valence-electron chi connectivity index (χ3n) is 4.24. The van der Waals surface area contributed by atoms with Gasteiger partial charge in [0.1, 0.15) is 0 Å². The zero-order valence-electron chi connectivity index (χ0n) is 12.2. The Kier molecular flexibility index (Phi) is 5.12. The first-order chi connectivity index (χ1) is 10.0. The Balaban J connectivity index is 2.11. The molecule has 1 saturated heterocycles. The van der Waals surface area contributed by atoms with E-state index in [1.54, 1.807) is 6.08 Å². The molecule has 0 aromatic carbocycles. The summed E-state index contributed by atoms with van der Waals surface area (Å²) in [5, 5.41) is 8.95. The van der Waals surface area contributed by atoms with Gasteiger partial charge in [-0.1, -0.05) is 25.3 Å². The summed E-state index contributed by atoms with van der Waals surface area (Å²) in [5.41, 5.74) is 0. The molecular weight excluding hydrogens is 272 g/mol. The van der Waals surface area contributed by atoms with Crippen molar-refractivity contribution in [1.29, 1.82) is 0 Å². The second-order valence-corrected chi connectivity index (χ2v) is 5.73. The Hall–Kier alpha value is -1.69. The Morgan fingerprint density at radius 1 is 1.33 bits per heavy atom. The predicted molar refractivity (Wildman–Crippen MR) is 76.5 cm³/mol. The maximum Gasteiger partial charge on any atom is 0.317 e. The van der Waals surface area contributed by atoms with Crippen molar-refractivity contribution in [2.24, 2.45) is 0 Å². The van der Waals surface area contributed by atoms with E-state index in [-0.39, 0.29) is 37.4 Å². The molecule has 1 atom stereocenters. The van der Waals surface area contributed by atoms with E-state index in [1.807, 2.05) is 0 Å². The van der Waals surface area contributed by atoms with Crippen LogP contribution in [0.4, 0.5) is 0 Å². The van der Waals surface area contributed by atoms with Crippen LogP contribution in [0.3, 0.4) is 0 Å². The van der Waals surface area contributed by atoms with Crippen molar-refractivity contribution in [2.45, 2.75) is 50.6 Å². The fraction of sp³-hybridized carbons (Fsp3) is 0.667. The molecule has 21 heavy (non-hydrogen) atoms. The molecule has 0 bridgehead atoms. The average Bonchev–Trinajstić information content (AvgIpc) is 2.74. The SMILES string of the molecule is C=CCN(CC(=O)O)C1CC(=O)N(C2CCCCC2)C1=O. The van der Waals surface area contributed by atoms with Gasteiger partial charge in [0.05, 0.1) is 19.0 Å². The Labute approximate surface area is 124 Å². The fourth-order valence-electron chi connectivity index (χ4n) is 3.28. The molecule has 0 spiro atoms. The van der Waals surface area contributed by atoms with E-state index in [4.69, 9.17) is 5.11 Å². The standard InChI is InChI=1S/C15H22N2O4/c1-2-8-16(10-14(19)20)12-9-13(18)17(15(12)21)11-6-4-3-5-7-11/h2,11-12H,1,3-10H2,(H,19,20). The summed E-state index contributed by atoms with van der Waals surface area (Å²) < 4.78 is 0. The molecule has 0 aromatic rings. The highest BCUT2D eigenvalue weighted by atomic mass is 16.4. The molecule has 2 rings (SSSR count). The van der Waals surface area contributed by atoms with Crippen LogP contribution in [0.1, 0.15) is 38.5 Å². The number of amides is 2. The first-order valence-corrected chi connectivity index (χ1v) is 7.47. The minimum absolute atomic E-state index is 0.000779. The van der Waals surface area contributed by atoms with Crippen LogP contribution in [0.25, 0.3) is 0 Å². The molecule has 1 heterocycles. The number of nitrogens with zero attached hydrogens (tertiary/aromatic N) is 2. The normalized spacial score (nSPS) is 23.9. The largest absolute Gasteiger partial charge is 0.480 e. The molecule has 0 aromatic heterocycles. The van der Waals surface area contributed by atoms with Crippen molar-refractivity contribution >= 4 is 17.8 Å². The van der Waals surface area contributed by atoms with E-state index >= 15 is 0 Å². The van der Waals surface area contributed by atoms with Gasteiger partial charge in [-0.25, -0.2) is 0 Å². The maximum atomic E-state index is 12.5. The molecule has 6 heteroatoms. The van der Waals surface area contributed by atoms with E-state index in [0.29, 0.717) is 0 Å². The highest BCUT2D eigenvalue weighted by Crippen LogP contribution is 2.28. The lowest BCUT2D eigenvalue weighted by molar-refractivity contribution is -0.143. The summed E-state index contributed by atoms with van der Waals surface area (Å²) in [6.45, 7) is 3.62. The van der Waals surface area contributed by atoms with Gasteiger partial charge in [0, 0.05) is 12.6 Å². The number of carbonyl (C=O) groups excluding carboxylic acids is 2. The van der Waals surface area contributed by atoms with Gasteiger partial charge < -0.3 is 5.11 Å². The minimum Gasteiger partial charge on any atom is -0.480 e. The van der Waals surface area contributed by atoms with Crippen LogP contribution < -0.4 is 0 Å². The second kappa shape index (κ2) is 6.85. The second-order valence-electron chi connectivity index (χ2n) is 5.73. The van der Waals surface area contributed by atoms with Crippen LogP contribution in [0.15, 0.2) is 12.7 Å². The first-order valence-electron chi connectivity index (χ1n) is 7.47. The number of carbonyl (C=O) groups is 3. The van der Waals surface area contributed by atoms with Gasteiger partial charge >= 0.3 is 5.97 Å². The molecule has 2 fully saturated rings. The highest BCUT2D eigenvalue weighted by Gasteiger charge is 2.45. The van der Waals surface area contributed by atoms with Gasteiger partial charge in [-0.2, -0.15) is 0 Å². The number of carboxylic acids is 1. The highest BCUT2D eigenvalue weighted by molar-refractivity contribution is 6.06. The quantitative estimate of drug-likeness (QED) is 0.584. The monoisotopic (exact) mass is 294 g/mol. The number of carboxylic acid groups (broad SMARTS) is 1. The Bertz CT molecular complexity index is 443.